The van der Waals surface area contributed by atoms with Crippen LogP contribution >= 0.6 is 0 Å². The number of carbonyl (C=O) groups excluding carboxylic acids is 2. The van der Waals surface area contributed by atoms with Crippen molar-refractivity contribution >= 4 is 17.4 Å². The number of hydrogen-bond acceptors (Lipinski definition) is 7. The molecule has 1 atom stereocenters. The molecule has 0 saturated carbocycles. The smallest absolute Gasteiger partial charge is 0.308 e. The Bertz CT molecular complexity index is 1040. The summed E-state index contributed by atoms with van der Waals surface area (Å²) in [5.74, 6) is 0.587. The summed E-state index contributed by atoms with van der Waals surface area (Å²) in [6.45, 7) is 9.09. The van der Waals surface area contributed by atoms with E-state index in [9.17, 15) is 19.7 Å². The second kappa shape index (κ2) is 8.02. The molecule has 2 aromatic carbocycles. The number of benzene rings is 2. The average molecular weight is 427 g/mol. The van der Waals surface area contributed by atoms with E-state index < -0.39 is 16.5 Å². The summed E-state index contributed by atoms with van der Waals surface area (Å²) in [4.78, 5) is 34.7. The molecule has 0 N–H and O–H groups in total. The summed E-state index contributed by atoms with van der Waals surface area (Å²) >= 11 is 0. The third-order valence-corrected chi connectivity index (χ3v) is 4.93. The molecule has 1 aliphatic heterocycles. The Morgan fingerprint density at radius 3 is 2.42 bits per heavy atom. The first kappa shape index (κ1) is 22.3. The highest BCUT2D eigenvalue weighted by molar-refractivity contribution is 6.01. The zero-order valence-corrected chi connectivity index (χ0v) is 18.2. The summed E-state index contributed by atoms with van der Waals surface area (Å²) in [7, 11) is 0. The van der Waals surface area contributed by atoms with E-state index in [1.807, 2.05) is 20.8 Å². The van der Waals surface area contributed by atoms with Gasteiger partial charge in [-0.1, -0.05) is 20.8 Å². The second-order valence-electron chi connectivity index (χ2n) is 8.88. The Morgan fingerprint density at radius 2 is 1.87 bits per heavy atom. The Kier molecular flexibility index (Phi) is 5.76. The largest absolute Gasteiger partial charge is 0.489 e. The molecule has 0 bridgehead atoms. The number of carbonyl (C=O) groups is 2. The molecule has 1 unspecified atom stereocenters. The van der Waals surface area contributed by atoms with Crippen molar-refractivity contribution in [2.24, 2.45) is 0 Å². The molecule has 0 fully saturated rings. The van der Waals surface area contributed by atoms with Crippen LogP contribution in [0.15, 0.2) is 36.4 Å². The van der Waals surface area contributed by atoms with Crippen molar-refractivity contribution < 1.29 is 28.7 Å². The van der Waals surface area contributed by atoms with E-state index in [0.717, 1.165) is 5.56 Å². The highest BCUT2D eigenvalue weighted by Crippen LogP contribution is 2.41. The third-order valence-electron chi connectivity index (χ3n) is 4.93. The van der Waals surface area contributed by atoms with Gasteiger partial charge < -0.3 is 14.2 Å². The van der Waals surface area contributed by atoms with Gasteiger partial charge in [-0.05, 0) is 36.6 Å². The fourth-order valence-corrected chi connectivity index (χ4v) is 3.40. The van der Waals surface area contributed by atoms with Gasteiger partial charge in [-0.15, -0.1) is 0 Å². The van der Waals surface area contributed by atoms with Gasteiger partial charge in [0.1, 0.15) is 29.5 Å². The first-order valence-corrected chi connectivity index (χ1v) is 9.84. The first-order valence-electron chi connectivity index (χ1n) is 9.84. The molecule has 2 aromatic rings. The zero-order valence-electron chi connectivity index (χ0n) is 18.2. The molecule has 1 aliphatic rings. The molecule has 0 spiro atoms. The lowest BCUT2D eigenvalue weighted by Gasteiger charge is -2.36. The van der Waals surface area contributed by atoms with Gasteiger partial charge in [-0.3, -0.25) is 19.7 Å². The summed E-state index contributed by atoms with van der Waals surface area (Å²) in [6.07, 6.45) is 0.0708. The third kappa shape index (κ3) is 5.02. The van der Waals surface area contributed by atoms with Gasteiger partial charge in [0.15, 0.2) is 5.78 Å². The second-order valence-corrected chi connectivity index (χ2v) is 8.88. The van der Waals surface area contributed by atoms with Gasteiger partial charge in [-0.2, -0.15) is 0 Å². The number of hydrogen-bond donors (Lipinski definition) is 0. The number of esters is 1. The Hall–Kier alpha value is -3.42. The molecule has 0 amide bonds. The minimum absolute atomic E-state index is 0.0325. The number of ketones is 1. The Balaban J connectivity index is 1.86. The summed E-state index contributed by atoms with van der Waals surface area (Å²) < 4.78 is 17.3. The van der Waals surface area contributed by atoms with Gasteiger partial charge in [0.05, 0.1) is 16.9 Å². The normalized spacial score (nSPS) is 18.0. The number of nitro benzene ring substituents is 1. The number of nitrogens with zero attached hydrogens (tertiary/aromatic N) is 1. The monoisotopic (exact) mass is 427 g/mol. The molecule has 0 aliphatic carbocycles. The maximum Gasteiger partial charge on any atom is 0.308 e. The highest BCUT2D eigenvalue weighted by atomic mass is 16.6. The number of ether oxygens (including phenoxy) is 3. The number of fused-ring (bicyclic) bond motifs is 1. The minimum atomic E-state index is -0.927. The maximum atomic E-state index is 12.9. The van der Waals surface area contributed by atoms with Crippen molar-refractivity contribution in [3.63, 3.8) is 0 Å². The van der Waals surface area contributed by atoms with Gasteiger partial charge in [-0.25, -0.2) is 0 Å². The first-order chi connectivity index (χ1) is 14.4. The van der Waals surface area contributed by atoms with Gasteiger partial charge in [0.25, 0.3) is 5.69 Å². The van der Waals surface area contributed by atoms with Crippen molar-refractivity contribution in [3.05, 3.63) is 57.6 Å². The highest BCUT2D eigenvalue weighted by Gasteiger charge is 2.39. The zero-order chi connectivity index (χ0) is 23.0. The van der Waals surface area contributed by atoms with E-state index in [1.165, 1.54) is 31.2 Å². The van der Waals surface area contributed by atoms with E-state index in [4.69, 9.17) is 14.2 Å². The molecule has 1 heterocycles. The van der Waals surface area contributed by atoms with Gasteiger partial charge in [0, 0.05) is 24.6 Å². The lowest BCUT2D eigenvalue weighted by Crippen LogP contribution is -2.44. The fraction of sp³-hybridized carbons (Fsp3) is 0.391. The lowest BCUT2D eigenvalue weighted by atomic mass is 9.83. The number of nitro groups is 1. The quantitative estimate of drug-likeness (QED) is 0.297. The van der Waals surface area contributed by atoms with Crippen LogP contribution in [0.4, 0.5) is 5.69 Å². The molecule has 0 aromatic heterocycles. The van der Waals surface area contributed by atoms with Crippen LogP contribution in [0.2, 0.25) is 0 Å². The fourth-order valence-electron chi connectivity index (χ4n) is 3.40. The predicted octanol–water partition coefficient (Wildman–Crippen LogP) is 4.62. The molecular formula is C23H25NO7. The minimum Gasteiger partial charge on any atom is -0.489 e. The molecule has 31 heavy (non-hydrogen) atoms. The molecular weight excluding hydrogens is 402 g/mol. The van der Waals surface area contributed by atoms with E-state index in [1.54, 1.807) is 19.1 Å². The molecule has 0 radical (unpaired) electrons. The van der Waals surface area contributed by atoms with Crippen molar-refractivity contribution in [3.8, 4) is 17.2 Å². The molecule has 164 valence electrons. The Labute approximate surface area is 180 Å². The molecule has 8 nitrogen and oxygen atoms in total. The van der Waals surface area contributed by atoms with Crippen LogP contribution in [0.5, 0.6) is 17.2 Å². The molecule has 3 rings (SSSR count). The topological polar surface area (TPSA) is 105 Å². The van der Waals surface area contributed by atoms with Crippen LogP contribution < -0.4 is 14.2 Å². The number of non-ortho nitro benzene ring substituents is 1. The van der Waals surface area contributed by atoms with Crippen LogP contribution in [0.25, 0.3) is 0 Å². The van der Waals surface area contributed by atoms with Crippen molar-refractivity contribution in [1.29, 1.82) is 0 Å². The molecule has 8 heteroatoms. The van der Waals surface area contributed by atoms with Crippen molar-refractivity contribution in [2.45, 2.75) is 52.1 Å². The SMILES string of the molecule is CC(=O)Oc1cc2c(cc1C(C)(C)C)OC(C)(COc1ccc([N+](=O)[O-])cc1)CC2=O. The summed E-state index contributed by atoms with van der Waals surface area (Å²) in [5, 5.41) is 10.8. The van der Waals surface area contributed by atoms with Crippen LogP contribution in [-0.4, -0.2) is 28.9 Å². The summed E-state index contributed by atoms with van der Waals surface area (Å²) in [5.41, 5.74) is -0.207. The Morgan fingerprint density at radius 1 is 1.23 bits per heavy atom. The van der Waals surface area contributed by atoms with Crippen LogP contribution in [0.3, 0.4) is 0 Å². The van der Waals surface area contributed by atoms with Gasteiger partial charge in [0.2, 0.25) is 0 Å². The van der Waals surface area contributed by atoms with Crippen LogP contribution in [0.1, 0.15) is 57.0 Å². The predicted molar refractivity (Wildman–Crippen MR) is 113 cm³/mol. The number of Topliss-reactive ketones (excluding diaryl/α,β-unsaturated/α-hetero) is 1. The van der Waals surface area contributed by atoms with Crippen LogP contribution in [0, 0.1) is 10.1 Å². The average Bonchev–Trinajstić information content (AvgIpc) is 2.65. The van der Waals surface area contributed by atoms with E-state index in [0.29, 0.717) is 22.8 Å². The van der Waals surface area contributed by atoms with Crippen molar-refractivity contribution in [2.75, 3.05) is 6.61 Å². The summed E-state index contributed by atoms with van der Waals surface area (Å²) in [6, 6.07) is 9.02. The number of rotatable bonds is 5. The van der Waals surface area contributed by atoms with E-state index in [-0.39, 0.29) is 29.9 Å². The molecule has 0 saturated heterocycles. The lowest BCUT2D eigenvalue weighted by molar-refractivity contribution is -0.384. The van der Waals surface area contributed by atoms with Gasteiger partial charge >= 0.3 is 5.97 Å². The van der Waals surface area contributed by atoms with Crippen LogP contribution in [-0.2, 0) is 10.2 Å². The van der Waals surface area contributed by atoms with E-state index >= 15 is 0 Å². The van der Waals surface area contributed by atoms with E-state index in [2.05, 4.69) is 0 Å². The maximum absolute atomic E-state index is 12.9. The standard InChI is InChI=1S/C23H25NO7/c1-14(25)30-21-10-17-19(26)12-23(5,31-20(17)11-18(21)22(2,3)4)13-29-16-8-6-15(7-9-16)24(27)28/h6-11H,12-13H2,1-5H3. The van der Waals surface area contributed by atoms with Crippen molar-refractivity contribution in [1.82, 2.24) is 0 Å².